The minimum absolute atomic E-state index is 0.313. The van der Waals surface area contributed by atoms with Gasteiger partial charge in [0.1, 0.15) is 0 Å². The van der Waals surface area contributed by atoms with Gasteiger partial charge in [-0.05, 0) is 37.8 Å². The standard InChI is InChI=1S/C14H21NO2S/c1-10(2)6-7-15-18(16,17)14-12(4)8-11(3)9-13(14)5/h6-10,15H,1-5H3/b7-6+. The predicted octanol–water partition coefficient (Wildman–Crippen LogP) is 3.06. The molecule has 1 N–H and O–H groups in total. The Kier molecular flexibility index (Phi) is 4.57. The largest absolute Gasteiger partial charge is 0.287 e. The van der Waals surface area contributed by atoms with E-state index in [2.05, 4.69) is 4.72 Å². The highest BCUT2D eigenvalue weighted by atomic mass is 32.2. The van der Waals surface area contributed by atoms with Crippen LogP contribution in [0.15, 0.2) is 29.3 Å². The summed E-state index contributed by atoms with van der Waals surface area (Å²) >= 11 is 0. The van der Waals surface area contributed by atoms with E-state index in [1.807, 2.05) is 52.8 Å². The third kappa shape index (κ3) is 3.60. The van der Waals surface area contributed by atoms with Crippen molar-refractivity contribution < 1.29 is 8.42 Å². The van der Waals surface area contributed by atoms with Crippen LogP contribution in [0, 0.1) is 26.7 Å². The summed E-state index contributed by atoms with van der Waals surface area (Å²) in [6.07, 6.45) is 3.31. The monoisotopic (exact) mass is 267 g/mol. The molecule has 18 heavy (non-hydrogen) atoms. The molecule has 1 rings (SSSR count). The van der Waals surface area contributed by atoms with E-state index in [1.54, 1.807) is 0 Å². The smallest absolute Gasteiger partial charge is 0.261 e. The van der Waals surface area contributed by atoms with E-state index in [0.717, 1.165) is 16.7 Å². The Morgan fingerprint density at radius 2 is 1.61 bits per heavy atom. The van der Waals surface area contributed by atoms with E-state index in [1.165, 1.54) is 6.20 Å². The summed E-state index contributed by atoms with van der Waals surface area (Å²) in [6.45, 7) is 9.59. The third-order valence-electron chi connectivity index (χ3n) is 2.58. The van der Waals surface area contributed by atoms with Crippen LogP contribution < -0.4 is 4.72 Å². The molecule has 0 bridgehead atoms. The van der Waals surface area contributed by atoms with Crippen molar-refractivity contribution in [2.24, 2.45) is 5.92 Å². The molecule has 3 nitrogen and oxygen atoms in total. The van der Waals surface area contributed by atoms with Gasteiger partial charge >= 0.3 is 0 Å². The van der Waals surface area contributed by atoms with Crippen LogP contribution in [0.2, 0.25) is 0 Å². The minimum atomic E-state index is -3.47. The fourth-order valence-corrected chi connectivity index (χ4v) is 3.31. The Hall–Kier alpha value is -1.29. The molecule has 0 spiro atoms. The number of hydrogen-bond acceptors (Lipinski definition) is 2. The van der Waals surface area contributed by atoms with Crippen LogP contribution in [-0.4, -0.2) is 8.42 Å². The fourth-order valence-electron chi connectivity index (χ4n) is 1.97. The molecule has 0 aliphatic rings. The van der Waals surface area contributed by atoms with E-state index >= 15 is 0 Å². The molecule has 0 unspecified atom stereocenters. The van der Waals surface area contributed by atoms with Gasteiger partial charge in [-0.1, -0.05) is 37.6 Å². The zero-order chi connectivity index (χ0) is 13.9. The van der Waals surface area contributed by atoms with Gasteiger partial charge in [-0.3, -0.25) is 4.72 Å². The predicted molar refractivity (Wildman–Crippen MR) is 75.0 cm³/mol. The van der Waals surface area contributed by atoms with E-state index in [0.29, 0.717) is 10.8 Å². The molecule has 0 atom stereocenters. The fraction of sp³-hybridized carbons (Fsp3) is 0.429. The first-order valence-electron chi connectivity index (χ1n) is 6.01. The molecule has 1 aromatic rings. The Morgan fingerprint density at radius 3 is 2.06 bits per heavy atom. The third-order valence-corrected chi connectivity index (χ3v) is 4.21. The molecular weight excluding hydrogens is 246 g/mol. The number of allylic oxidation sites excluding steroid dienone is 1. The van der Waals surface area contributed by atoms with E-state index < -0.39 is 10.0 Å². The normalized spacial score (nSPS) is 12.3. The summed E-state index contributed by atoms with van der Waals surface area (Å²) in [4.78, 5) is 0.376. The van der Waals surface area contributed by atoms with Gasteiger partial charge in [0.25, 0.3) is 10.0 Å². The molecule has 1 aromatic carbocycles. The lowest BCUT2D eigenvalue weighted by molar-refractivity contribution is 0.589. The van der Waals surface area contributed by atoms with Crippen molar-refractivity contribution in [3.63, 3.8) is 0 Å². The van der Waals surface area contributed by atoms with Crippen molar-refractivity contribution in [3.8, 4) is 0 Å². The van der Waals surface area contributed by atoms with Crippen molar-refractivity contribution in [1.82, 2.24) is 4.72 Å². The average Bonchev–Trinajstić information content (AvgIpc) is 2.13. The molecule has 0 saturated carbocycles. The molecule has 0 aliphatic heterocycles. The summed E-state index contributed by atoms with van der Waals surface area (Å²) < 4.78 is 26.9. The number of nitrogens with one attached hydrogen (secondary N) is 1. The average molecular weight is 267 g/mol. The van der Waals surface area contributed by atoms with Crippen LogP contribution in [0.3, 0.4) is 0 Å². The summed E-state index contributed by atoms with van der Waals surface area (Å²) in [5, 5.41) is 0. The number of aryl methyl sites for hydroxylation is 3. The lowest BCUT2D eigenvalue weighted by Gasteiger charge is -2.12. The van der Waals surface area contributed by atoms with Crippen molar-refractivity contribution >= 4 is 10.0 Å². The Bertz CT molecular complexity index is 534. The van der Waals surface area contributed by atoms with Crippen molar-refractivity contribution in [1.29, 1.82) is 0 Å². The van der Waals surface area contributed by atoms with Crippen molar-refractivity contribution in [3.05, 3.63) is 41.1 Å². The van der Waals surface area contributed by atoms with Gasteiger partial charge in [0.2, 0.25) is 0 Å². The Morgan fingerprint density at radius 1 is 1.11 bits per heavy atom. The maximum atomic E-state index is 12.2. The quantitative estimate of drug-likeness (QED) is 0.911. The van der Waals surface area contributed by atoms with Gasteiger partial charge < -0.3 is 0 Å². The second-order valence-corrected chi connectivity index (χ2v) is 6.60. The highest BCUT2D eigenvalue weighted by molar-refractivity contribution is 7.89. The molecule has 100 valence electrons. The maximum absolute atomic E-state index is 12.2. The molecule has 0 aromatic heterocycles. The molecule has 0 amide bonds. The molecule has 4 heteroatoms. The lowest BCUT2D eigenvalue weighted by atomic mass is 10.1. The molecule has 0 radical (unpaired) electrons. The minimum Gasteiger partial charge on any atom is -0.287 e. The molecule has 0 heterocycles. The number of benzene rings is 1. The zero-order valence-electron chi connectivity index (χ0n) is 11.6. The van der Waals surface area contributed by atoms with E-state index in [-0.39, 0.29) is 0 Å². The summed E-state index contributed by atoms with van der Waals surface area (Å²) in [5.74, 6) is 0.313. The van der Waals surface area contributed by atoms with E-state index in [9.17, 15) is 8.42 Å². The van der Waals surface area contributed by atoms with Gasteiger partial charge in [-0.15, -0.1) is 0 Å². The molecule has 0 fully saturated rings. The van der Waals surface area contributed by atoms with Gasteiger partial charge in [-0.25, -0.2) is 8.42 Å². The van der Waals surface area contributed by atoms with Crippen LogP contribution in [-0.2, 0) is 10.0 Å². The first-order chi connectivity index (χ1) is 8.24. The first kappa shape index (κ1) is 14.8. The Labute approximate surface area is 110 Å². The van der Waals surface area contributed by atoms with Gasteiger partial charge in [0.15, 0.2) is 0 Å². The lowest BCUT2D eigenvalue weighted by Crippen LogP contribution is -2.20. The highest BCUT2D eigenvalue weighted by Gasteiger charge is 2.18. The molecule has 0 saturated heterocycles. The summed E-state index contributed by atoms with van der Waals surface area (Å²) in [7, 11) is -3.47. The van der Waals surface area contributed by atoms with Crippen LogP contribution in [0.4, 0.5) is 0 Å². The molecular formula is C14H21NO2S. The van der Waals surface area contributed by atoms with Crippen molar-refractivity contribution in [2.45, 2.75) is 39.5 Å². The van der Waals surface area contributed by atoms with Gasteiger partial charge in [0, 0.05) is 6.20 Å². The SMILES string of the molecule is Cc1cc(C)c(S(=O)(=O)N/C=C/C(C)C)c(C)c1. The van der Waals surface area contributed by atoms with Gasteiger partial charge in [0.05, 0.1) is 4.90 Å². The maximum Gasteiger partial charge on any atom is 0.261 e. The number of sulfonamides is 1. The van der Waals surface area contributed by atoms with Gasteiger partial charge in [-0.2, -0.15) is 0 Å². The van der Waals surface area contributed by atoms with Crippen LogP contribution in [0.1, 0.15) is 30.5 Å². The highest BCUT2D eigenvalue weighted by Crippen LogP contribution is 2.21. The zero-order valence-corrected chi connectivity index (χ0v) is 12.4. The second kappa shape index (κ2) is 5.57. The number of rotatable bonds is 4. The van der Waals surface area contributed by atoms with Crippen LogP contribution in [0.5, 0.6) is 0 Å². The second-order valence-electron chi connectivity index (χ2n) is 4.95. The Balaban J connectivity index is 3.14. The molecule has 0 aliphatic carbocycles. The van der Waals surface area contributed by atoms with E-state index in [4.69, 9.17) is 0 Å². The van der Waals surface area contributed by atoms with Crippen LogP contribution in [0.25, 0.3) is 0 Å². The number of hydrogen-bond donors (Lipinski definition) is 1. The summed E-state index contributed by atoms with van der Waals surface area (Å²) in [5.41, 5.74) is 2.62. The van der Waals surface area contributed by atoms with Crippen LogP contribution >= 0.6 is 0 Å². The topological polar surface area (TPSA) is 46.2 Å². The first-order valence-corrected chi connectivity index (χ1v) is 7.49. The van der Waals surface area contributed by atoms with Crippen molar-refractivity contribution in [2.75, 3.05) is 0 Å². The summed E-state index contributed by atoms with van der Waals surface area (Å²) in [6, 6.07) is 3.77.